The highest BCUT2D eigenvalue weighted by molar-refractivity contribution is 5.91. The van der Waals surface area contributed by atoms with E-state index < -0.39 is 11.9 Å². The molecule has 0 fully saturated rings. The molecule has 0 aromatic heterocycles. The second-order valence-electron chi connectivity index (χ2n) is 3.51. The average Bonchev–Trinajstić information content (AvgIpc) is 2.23. The van der Waals surface area contributed by atoms with E-state index in [2.05, 4.69) is 18.2 Å². The molecule has 0 saturated heterocycles. The fourth-order valence-electron chi connectivity index (χ4n) is 1.25. The Labute approximate surface area is 91.5 Å². The summed E-state index contributed by atoms with van der Waals surface area (Å²) in [5.41, 5.74) is 0. The monoisotopic (exact) mass is 212 g/mol. The zero-order valence-electron chi connectivity index (χ0n) is 9.46. The van der Waals surface area contributed by atoms with Gasteiger partial charge in [0.1, 0.15) is 0 Å². The van der Waals surface area contributed by atoms with Crippen LogP contribution in [-0.4, -0.2) is 11.9 Å². The first-order chi connectivity index (χ1) is 7.20. The molecule has 0 aliphatic rings. The lowest BCUT2D eigenvalue weighted by Crippen LogP contribution is -2.09. The molecule has 0 bridgehead atoms. The van der Waals surface area contributed by atoms with E-state index in [1.807, 2.05) is 0 Å². The largest absolute Gasteiger partial charge is 0.390 e. The maximum absolute atomic E-state index is 11.0. The molecule has 86 valence electrons. The van der Waals surface area contributed by atoms with Crippen molar-refractivity contribution < 1.29 is 14.3 Å². The molecule has 0 atom stereocenters. The summed E-state index contributed by atoms with van der Waals surface area (Å²) in [5, 5.41) is 0. The fraction of sp³-hybridized carbons (Fsp3) is 0.667. The van der Waals surface area contributed by atoms with Gasteiger partial charge < -0.3 is 4.74 Å². The third kappa shape index (κ3) is 9.19. The molecule has 0 aliphatic carbocycles. The number of carbonyl (C=O) groups excluding carboxylic acids is 2. The topological polar surface area (TPSA) is 43.4 Å². The van der Waals surface area contributed by atoms with Crippen molar-refractivity contribution in [1.82, 2.24) is 0 Å². The van der Waals surface area contributed by atoms with Crippen LogP contribution >= 0.6 is 0 Å². The third-order valence-electron chi connectivity index (χ3n) is 2.12. The Kier molecular flexibility index (Phi) is 8.73. The van der Waals surface area contributed by atoms with Gasteiger partial charge in [-0.15, -0.1) is 0 Å². The maximum Gasteiger partial charge on any atom is 0.337 e. The van der Waals surface area contributed by atoms with Crippen molar-refractivity contribution in [2.75, 3.05) is 0 Å². The minimum absolute atomic E-state index is 0.325. The lowest BCUT2D eigenvalue weighted by atomic mass is 10.1. The molecule has 0 unspecified atom stereocenters. The van der Waals surface area contributed by atoms with Gasteiger partial charge in [0.05, 0.1) is 0 Å². The quantitative estimate of drug-likeness (QED) is 0.269. The standard InChI is InChI=1S/C12H20O3/c1-3-5-6-7-8-9-10-12(14)15-11(13)4-2/h4H,2-3,5-10H2,1H3. The van der Waals surface area contributed by atoms with Crippen LogP contribution in [0.3, 0.4) is 0 Å². The van der Waals surface area contributed by atoms with Crippen molar-refractivity contribution in [1.29, 1.82) is 0 Å². The van der Waals surface area contributed by atoms with Crippen LogP contribution in [0.4, 0.5) is 0 Å². The number of hydrogen-bond acceptors (Lipinski definition) is 3. The lowest BCUT2D eigenvalue weighted by Gasteiger charge is -2.00. The van der Waals surface area contributed by atoms with E-state index in [-0.39, 0.29) is 0 Å². The van der Waals surface area contributed by atoms with E-state index in [4.69, 9.17) is 0 Å². The summed E-state index contributed by atoms with van der Waals surface area (Å²) in [6, 6.07) is 0. The van der Waals surface area contributed by atoms with Crippen molar-refractivity contribution in [3.05, 3.63) is 12.7 Å². The molecule has 0 heterocycles. The smallest absolute Gasteiger partial charge is 0.337 e. The predicted molar refractivity (Wildman–Crippen MR) is 59.3 cm³/mol. The minimum atomic E-state index is -0.661. The van der Waals surface area contributed by atoms with Gasteiger partial charge in [-0.1, -0.05) is 45.6 Å². The highest BCUT2D eigenvalue weighted by atomic mass is 16.6. The molecule has 0 amide bonds. The van der Waals surface area contributed by atoms with Gasteiger partial charge in [-0.25, -0.2) is 4.79 Å². The van der Waals surface area contributed by atoms with Crippen molar-refractivity contribution in [2.24, 2.45) is 0 Å². The molecule has 0 spiro atoms. The van der Waals surface area contributed by atoms with Crippen molar-refractivity contribution in [2.45, 2.75) is 51.9 Å². The number of rotatable bonds is 8. The van der Waals surface area contributed by atoms with Crippen LogP contribution in [0.1, 0.15) is 51.9 Å². The van der Waals surface area contributed by atoms with E-state index in [9.17, 15) is 9.59 Å². The molecule has 0 saturated carbocycles. The number of carbonyl (C=O) groups is 2. The Morgan fingerprint density at radius 1 is 1.13 bits per heavy atom. The van der Waals surface area contributed by atoms with Gasteiger partial charge in [-0.3, -0.25) is 4.79 Å². The third-order valence-corrected chi connectivity index (χ3v) is 2.12. The van der Waals surface area contributed by atoms with Crippen LogP contribution in [0, 0.1) is 0 Å². The van der Waals surface area contributed by atoms with Gasteiger partial charge in [-0.2, -0.15) is 0 Å². The number of ether oxygens (including phenoxy) is 1. The van der Waals surface area contributed by atoms with E-state index in [0.29, 0.717) is 6.42 Å². The summed E-state index contributed by atoms with van der Waals surface area (Å²) in [4.78, 5) is 21.6. The zero-order chi connectivity index (χ0) is 11.5. The van der Waals surface area contributed by atoms with Crippen LogP contribution in [0.25, 0.3) is 0 Å². The first kappa shape index (κ1) is 13.9. The Balaban J connectivity index is 3.31. The van der Waals surface area contributed by atoms with Gasteiger partial charge in [0, 0.05) is 12.5 Å². The molecule has 3 heteroatoms. The Morgan fingerprint density at radius 2 is 1.73 bits per heavy atom. The number of hydrogen-bond donors (Lipinski definition) is 0. The van der Waals surface area contributed by atoms with Crippen molar-refractivity contribution in [3.63, 3.8) is 0 Å². The Hall–Kier alpha value is -1.12. The van der Waals surface area contributed by atoms with E-state index in [1.54, 1.807) is 0 Å². The Bertz CT molecular complexity index is 209. The summed E-state index contributed by atoms with van der Waals surface area (Å²) >= 11 is 0. The molecule has 0 aliphatic heterocycles. The van der Waals surface area contributed by atoms with E-state index in [1.165, 1.54) is 19.3 Å². The molecular weight excluding hydrogens is 192 g/mol. The molecule has 0 radical (unpaired) electrons. The van der Waals surface area contributed by atoms with E-state index >= 15 is 0 Å². The first-order valence-corrected chi connectivity index (χ1v) is 5.57. The van der Waals surface area contributed by atoms with Crippen molar-refractivity contribution in [3.8, 4) is 0 Å². The Morgan fingerprint density at radius 3 is 2.33 bits per heavy atom. The van der Waals surface area contributed by atoms with Crippen LogP contribution in [0.2, 0.25) is 0 Å². The predicted octanol–water partition coefficient (Wildman–Crippen LogP) is 2.99. The van der Waals surface area contributed by atoms with Gasteiger partial charge in [-0.05, 0) is 6.42 Å². The van der Waals surface area contributed by atoms with Crippen LogP contribution in [0.5, 0.6) is 0 Å². The highest BCUT2D eigenvalue weighted by Crippen LogP contribution is 2.07. The van der Waals surface area contributed by atoms with Gasteiger partial charge in [0.15, 0.2) is 0 Å². The van der Waals surface area contributed by atoms with Gasteiger partial charge in [0.2, 0.25) is 0 Å². The first-order valence-electron chi connectivity index (χ1n) is 5.57. The zero-order valence-corrected chi connectivity index (χ0v) is 9.46. The van der Waals surface area contributed by atoms with Crippen LogP contribution in [0.15, 0.2) is 12.7 Å². The lowest BCUT2D eigenvalue weighted by molar-refractivity contribution is -0.156. The van der Waals surface area contributed by atoms with E-state index in [0.717, 1.165) is 25.3 Å². The minimum Gasteiger partial charge on any atom is -0.390 e. The summed E-state index contributed by atoms with van der Waals surface area (Å²) < 4.78 is 4.43. The second kappa shape index (κ2) is 9.44. The SMILES string of the molecule is C=CC(=O)OC(=O)CCCCCCCC. The molecule has 15 heavy (non-hydrogen) atoms. The summed E-state index contributed by atoms with van der Waals surface area (Å²) in [7, 11) is 0. The van der Waals surface area contributed by atoms with Crippen LogP contribution in [-0.2, 0) is 14.3 Å². The average molecular weight is 212 g/mol. The fourth-order valence-corrected chi connectivity index (χ4v) is 1.25. The molecular formula is C12H20O3. The van der Waals surface area contributed by atoms with Gasteiger partial charge >= 0.3 is 11.9 Å². The van der Waals surface area contributed by atoms with Crippen LogP contribution < -0.4 is 0 Å². The molecule has 0 aromatic carbocycles. The molecule has 0 N–H and O–H groups in total. The molecule has 0 aromatic rings. The number of esters is 2. The summed E-state index contributed by atoms with van der Waals surface area (Å²) in [6.07, 6.45) is 7.98. The molecule has 3 nitrogen and oxygen atoms in total. The second-order valence-corrected chi connectivity index (χ2v) is 3.51. The maximum atomic E-state index is 11.0. The summed E-state index contributed by atoms with van der Waals surface area (Å²) in [6.45, 7) is 5.38. The highest BCUT2D eigenvalue weighted by Gasteiger charge is 2.05. The summed E-state index contributed by atoms with van der Waals surface area (Å²) in [5.74, 6) is -1.11. The van der Waals surface area contributed by atoms with Crippen molar-refractivity contribution >= 4 is 11.9 Å². The number of unbranched alkanes of at least 4 members (excludes halogenated alkanes) is 5. The van der Waals surface area contributed by atoms with Gasteiger partial charge in [0.25, 0.3) is 0 Å². The normalized spacial score (nSPS) is 9.67. The molecule has 0 rings (SSSR count).